The Hall–Kier alpha value is -1.16. The van der Waals surface area contributed by atoms with Gasteiger partial charge in [-0.1, -0.05) is 69.4 Å². The van der Waals surface area contributed by atoms with Crippen molar-refractivity contribution in [3.63, 3.8) is 0 Å². The lowest BCUT2D eigenvalue weighted by Gasteiger charge is -2.09. The number of halogens is 2. The van der Waals surface area contributed by atoms with Crippen LogP contribution >= 0.6 is 45.2 Å². The standard InChI is InChI=1S/C19H20I2N2O2/c20-9-7-18(24)22-16-5-1-3-14(12-16)11-15-4-2-6-17(13-15)23-19(25)8-10-21/h1-6,12-13H,7-11H2,(H,22,24)(H,23,25). The maximum atomic E-state index is 11.7. The number of anilines is 2. The molecule has 0 saturated carbocycles. The van der Waals surface area contributed by atoms with Crippen molar-refractivity contribution in [2.45, 2.75) is 19.3 Å². The van der Waals surface area contributed by atoms with Gasteiger partial charge in [0, 0.05) is 33.1 Å². The van der Waals surface area contributed by atoms with Crippen LogP contribution in [0.2, 0.25) is 0 Å². The van der Waals surface area contributed by atoms with Crippen LogP contribution in [0.1, 0.15) is 24.0 Å². The number of carbonyl (C=O) groups excluding carboxylic acids is 2. The molecule has 0 radical (unpaired) electrons. The van der Waals surface area contributed by atoms with Gasteiger partial charge in [0.25, 0.3) is 0 Å². The Morgan fingerprint density at radius 1 is 0.760 bits per heavy atom. The summed E-state index contributed by atoms with van der Waals surface area (Å²) < 4.78 is 1.61. The maximum absolute atomic E-state index is 11.7. The zero-order valence-electron chi connectivity index (χ0n) is 13.7. The molecule has 0 saturated heterocycles. The average molecular weight is 562 g/mol. The van der Waals surface area contributed by atoms with Crippen molar-refractivity contribution >= 4 is 68.4 Å². The second kappa shape index (κ2) is 10.7. The first-order valence-corrected chi connectivity index (χ1v) is 11.1. The van der Waals surface area contributed by atoms with E-state index in [0.717, 1.165) is 37.8 Å². The minimum Gasteiger partial charge on any atom is -0.326 e. The predicted octanol–water partition coefficient (Wildman–Crippen LogP) is 4.80. The van der Waals surface area contributed by atoms with Gasteiger partial charge < -0.3 is 10.6 Å². The van der Waals surface area contributed by atoms with Gasteiger partial charge in [-0.15, -0.1) is 0 Å². The Morgan fingerprint density at radius 2 is 1.20 bits per heavy atom. The highest BCUT2D eigenvalue weighted by atomic mass is 127. The number of carbonyl (C=O) groups is 2. The molecule has 0 aliphatic carbocycles. The molecule has 2 amide bonds. The summed E-state index contributed by atoms with van der Waals surface area (Å²) in [4.78, 5) is 23.5. The molecule has 2 rings (SSSR count). The Bertz CT molecular complexity index is 673. The van der Waals surface area contributed by atoms with Crippen LogP contribution in [-0.4, -0.2) is 20.7 Å². The number of amides is 2. The van der Waals surface area contributed by atoms with E-state index >= 15 is 0 Å². The molecule has 0 aliphatic heterocycles. The fraction of sp³-hybridized carbons (Fsp3) is 0.263. The molecule has 0 atom stereocenters. The van der Waals surface area contributed by atoms with Crippen LogP contribution in [0, 0.1) is 0 Å². The first-order valence-electron chi connectivity index (χ1n) is 8.00. The summed E-state index contributed by atoms with van der Waals surface area (Å²) in [6.07, 6.45) is 1.78. The molecule has 2 aromatic rings. The van der Waals surface area contributed by atoms with Crippen LogP contribution in [0.3, 0.4) is 0 Å². The number of rotatable bonds is 8. The van der Waals surface area contributed by atoms with Gasteiger partial charge >= 0.3 is 0 Å². The lowest BCUT2D eigenvalue weighted by Crippen LogP contribution is -2.12. The number of benzene rings is 2. The van der Waals surface area contributed by atoms with Crippen molar-refractivity contribution < 1.29 is 9.59 Å². The SMILES string of the molecule is O=C(CCI)Nc1cccc(Cc2cccc(NC(=O)CCI)c2)c1. The summed E-state index contributed by atoms with van der Waals surface area (Å²) in [5.74, 6) is 0.0676. The monoisotopic (exact) mass is 562 g/mol. The highest BCUT2D eigenvalue weighted by molar-refractivity contribution is 14.1. The second-order valence-electron chi connectivity index (χ2n) is 5.55. The average Bonchev–Trinajstić information content (AvgIpc) is 2.56. The minimum absolute atomic E-state index is 0.0338. The van der Waals surface area contributed by atoms with Gasteiger partial charge in [0.2, 0.25) is 11.8 Å². The molecule has 0 aliphatic rings. The topological polar surface area (TPSA) is 58.2 Å². The highest BCUT2D eigenvalue weighted by Crippen LogP contribution is 2.18. The molecule has 25 heavy (non-hydrogen) atoms. The van der Waals surface area contributed by atoms with E-state index in [9.17, 15) is 9.59 Å². The quantitative estimate of drug-likeness (QED) is 0.359. The van der Waals surface area contributed by atoms with E-state index in [1.54, 1.807) is 0 Å². The van der Waals surface area contributed by atoms with Crippen LogP contribution in [0.4, 0.5) is 11.4 Å². The van der Waals surface area contributed by atoms with E-state index in [0.29, 0.717) is 12.8 Å². The largest absolute Gasteiger partial charge is 0.326 e. The van der Waals surface area contributed by atoms with Crippen LogP contribution in [0.15, 0.2) is 48.5 Å². The third kappa shape index (κ3) is 7.31. The predicted molar refractivity (Wildman–Crippen MR) is 120 cm³/mol. The number of hydrogen-bond donors (Lipinski definition) is 2. The molecule has 0 unspecified atom stereocenters. The molecule has 4 nitrogen and oxygen atoms in total. The summed E-state index contributed by atoms with van der Waals surface area (Å²) in [6, 6.07) is 15.7. The van der Waals surface area contributed by atoms with E-state index in [-0.39, 0.29) is 11.8 Å². The lowest BCUT2D eigenvalue weighted by molar-refractivity contribution is -0.116. The van der Waals surface area contributed by atoms with Crippen molar-refractivity contribution in [1.82, 2.24) is 0 Å². The maximum Gasteiger partial charge on any atom is 0.225 e. The van der Waals surface area contributed by atoms with Crippen molar-refractivity contribution in [3.05, 3.63) is 59.7 Å². The fourth-order valence-electron chi connectivity index (χ4n) is 2.37. The van der Waals surface area contributed by atoms with Crippen LogP contribution in [0.5, 0.6) is 0 Å². The Balaban J connectivity index is 2.04. The third-order valence-corrected chi connectivity index (χ3v) is 4.55. The molecule has 0 aromatic heterocycles. The van der Waals surface area contributed by atoms with Crippen molar-refractivity contribution in [2.24, 2.45) is 0 Å². The number of nitrogens with one attached hydrogen (secondary N) is 2. The zero-order chi connectivity index (χ0) is 18.1. The van der Waals surface area contributed by atoms with Crippen LogP contribution in [0.25, 0.3) is 0 Å². The first kappa shape index (κ1) is 20.2. The minimum atomic E-state index is 0.0338. The van der Waals surface area contributed by atoms with Gasteiger partial charge in [-0.3, -0.25) is 9.59 Å². The van der Waals surface area contributed by atoms with Crippen LogP contribution in [-0.2, 0) is 16.0 Å². The summed E-state index contributed by atoms with van der Waals surface area (Å²) >= 11 is 4.38. The molecule has 2 aromatic carbocycles. The number of hydrogen-bond acceptors (Lipinski definition) is 2. The molecule has 0 bridgehead atoms. The lowest BCUT2D eigenvalue weighted by atomic mass is 10.0. The van der Waals surface area contributed by atoms with E-state index in [1.165, 1.54) is 0 Å². The van der Waals surface area contributed by atoms with Crippen LogP contribution < -0.4 is 10.6 Å². The van der Waals surface area contributed by atoms with Crippen molar-refractivity contribution in [3.8, 4) is 0 Å². The van der Waals surface area contributed by atoms with Gasteiger partial charge in [-0.25, -0.2) is 0 Å². The molecule has 132 valence electrons. The van der Waals surface area contributed by atoms with E-state index in [2.05, 4.69) is 55.8 Å². The normalized spacial score (nSPS) is 10.3. The van der Waals surface area contributed by atoms with E-state index in [1.807, 2.05) is 48.5 Å². The van der Waals surface area contributed by atoms with Crippen molar-refractivity contribution in [1.29, 1.82) is 0 Å². The zero-order valence-corrected chi connectivity index (χ0v) is 18.0. The fourth-order valence-corrected chi connectivity index (χ4v) is 3.35. The first-order chi connectivity index (χ1) is 12.1. The third-order valence-electron chi connectivity index (χ3n) is 3.47. The number of alkyl halides is 2. The summed E-state index contributed by atoms with van der Waals surface area (Å²) in [5.41, 5.74) is 3.86. The molecule has 6 heteroatoms. The van der Waals surface area contributed by atoms with E-state index in [4.69, 9.17) is 0 Å². The Labute approximate surface area is 175 Å². The summed E-state index contributed by atoms with van der Waals surface area (Å²) in [5, 5.41) is 5.84. The molecular formula is C19H20I2N2O2. The Morgan fingerprint density at radius 3 is 1.60 bits per heavy atom. The Kier molecular flexibility index (Phi) is 8.66. The summed E-state index contributed by atoms with van der Waals surface area (Å²) in [6.45, 7) is 0. The van der Waals surface area contributed by atoms with Gasteiger partial charge in [0.05, 0.1) is 0 Å². The molecule has 2 N–H and O–H groups in total. The van der Waals surface area contributed by atoms with Gasteiger partial charge in [0.1, 0.15) is 0 Å². The van der Waals surface area contributed by atoms with Crippen molar-refractivity contribution in [2.75, 3.05) is 19.5 Å². The van der Waals surface area contributed by atoms with Gasteiger partial charge in [-0.2, -0.15) is 0 Å². The molecule has 0 fully saturated rings. The van der Waals surface area contributed by atoms with Gasteiger partial charge in [-0.05, 0) is 41.8 Å². The molecule has 0 spiro atoms. The van der Waals surface area contributed by atoms with Gasteiger partial charge in [0.15, 0.2) is 0 Å². The highest BCUT2D eigenvalue weighted by Gasteiger charge is 2.05. The summed E-state index contributed by atoms with van der Waals surface area (Å²) in [7, 11) is 0. The van der Waals surface area contributed by atoms with E-state index < -0.39 is 0 Å². The molecule has 0 heterocycles. The molecular weight excluding hydrogens is 542 g/mol. The second-order valence-corrected chi connectivity index (χ2v) is 7.71. The smallest absolute Gasteiger partial charge is 0.225 e.